The van der Waals surface area contributed by atoms with Crippen molar-refractivity contribution in [2.75, 3.05) is 34.0 Å². The Kier molecular flexibility index (Phi) is 6.16. The third-order valence-corrected chi connectivity index (χ3v) is 4.23. The van der Waals surface area contributed by atoms with Gasteiger partial charge in [0.05, 0.1) is 27.4 Å². The summed E-state index contributed by atoms with van der Waals surface area (Å²) < 4.78 is 26.5. The standard InChI is InChI=1S/C15H24O7/c1-18-12(16)10-20-8-11-9-21-15(6-4-3-5-7-15)13(22-11)14(17)19-2/h11,13H,3-10H2,1-2H3. The molecule has 2 unspecified atom stereocenters. The molecule has 2 fully saturated rings. The van der Waals surface area contributed by atoms with Crippen molar-refractivity contribution in [2.45, 2.75) is 49.9 Å². The number of rotatable bonds is 5. The van der Waals surface area contributed by atoms with Crippen molar-refractivity contribution in [3.05, 3.63) is 0 Å². The highest BCUT2D eigenvalue weighted by Crippen LogP contribution is 2.39. The Morgan fingerprint density at radius 2 is 1.86 bits per heavy atom. The molecule has 1 aliphatic carbocycles. The lowest BCUT2D eigenvalue weighted by Gasteiger charge is -2.46. The predicted octanol–water partition coefficient (Wildman–Crippen LogP) is 0.836. The van der Waals surface area contributed by atoms with Crippen LogP contribution in [0, 0.1) is 0 Å². The molecule has 0 bridgehead atoms. The van der Waals surface area contributed by atoms with Gasteiger partial charge in [0, 0.05) is 0 Å². The van der Waals surface area contributed by atoms with Gasteiger partial charge in [0.1, 0.15) is 18.3 Å². The van der Waals surface area contributed by atoms with Crippen LogP contribution in [0.1, 0.15) is 32.1 Å². The molecule has 0 radical (unpaired) electrons. The highest BCUT2D eigenvalue weighted by molar-refractivity contribution is 5.76. The van der Waals surface area contributed by atoms with Crippen LogP contribution in [-0.4, -0.2) is 63.8 Å². The Morgan fingerprint density at radius 3 is 2.50 bits per heavy atom. The summed E-state index contributed by atoms with van der Waals surface area (Å²) in [7, 11) is 2.64. The molecule has 0 aromatic carbocycles. The first kappa shape index (κ1) is 17.2. The molecule has 0 N–H and O–H groups in total. The van der Waals surface area contributed by atoms with Crippen LogP contribution in [0.25, 0.3) is 0 Å². The first-order chi connectivity index (χ1) is 10.6. The Hall–Kier alpha value is -1.18. The van der Waals surface area contributed by atoms with Gasteiger partial charge < -0.3 is 23.7 Å². The van der Waals surface area contributed by atoms with Crippen LogP contribution in [0.2, 0.25) is 0 Å². The molecule has 2 rings (SSSR count). The van der Waals surface area contributed by atoms with Crippen molar-refractivity contribution in [3.63, 3.8) is 0 Å². The molecule has 7 heteroatoms. The summed E-state index contributed by atoms with van der Waals surface area (Å²) in [6.45, 7) is 0.359. The molecule has 0 aromatic rings. The maximum absolute atomic E-state index is 12.1. The summed E-state index contributed by atoms with van der Waals surface area (Å²) >= 11 is 0. The largest absolute Gasteiger partial charge is 0.467 e. The monoisotopic (exact) mass is 316 g/mol. The van der Waals surface area contributed by atoms with Crippen LogP contribution < -0.4 is 0 Å². The van der Waals surface area contributed by atoms with Crippen LogP contribution in [0.5, 0.6) is 0 Å². The average Bonchev–Trinajstić information content (AvgIpc) is 2.56. The fourth-order valence-electron chi connectivity index (χ4n) is 3.04. The molecule has 1 saturated carbocycles. The zero-order chi connectivity index (χ0) is 16.0. The van der Waals surface area contributed by atoms with Crippen LogP contribution in [0.15, 0.2) is 0 Å². The molecule has 1 heterocycles. The summed E-state index contributed by atoms with van der Waals surface area (Å²) in [6, 6.07) is 0. The first-order valence-corrected chi connectivity index (χ1v) is 7.63. The van der Waals surface area contributed by atoms with E-state index >= 15 is 0 Å². The fourth-order valence-corrected chi connectivity index (χ4v) is 3.04. The number of hydrogen-bond acceptors (Lipinski definition) is 7. The van der Waals surface area contributed by atoms with Gasteiger partial charge in [-0.2, -0.15) is 0 Å². The molecule has 7 nitrogen and oxygen atoms in total. The average molecular weight is 316 g/mol. The second-order valence-electron chi connectivity index (χ2n) is 5.69. The van der Waals surface area contributed by atoms with E-state index in [2.05, 4.69) is 4.74 Å². The summed E-state index contributed by atoms with van der Waals surface area (Å²) in [5, 5.41) is 0. The number of ether oxygens (including phenoxy) is 5. The molecular weight excluding hydrogens is 292 g/mol. The molecule has 2 aliphatic rings. The van der Waals surface area contributed by atoms with Gasteiger partial charge in [-0.25, -0.2) is 9.59 Å². The zero-order valence-electron chi connectivity index (χ0n) is 13.2. The second kappa shape index (κ2) is 7.89. The molecule has 1 saturated heterocycles. The van der Waals surface area contributed by atoms with Gasteiger partial charge in [-0.05, 0) is 12.8 Å². The molecule has 1 aliphatic heterocycles. The fraction of sp³-hybridized carbons (Fsp3) is 0.867. The maximum atomic E-state index is 12.1. The number of carbonyl (C=O) groups is 2. The van der Waals surface area contributed by atoms with E-state index in [9.17, 15) is 9.59 Å². The Balaban J connectivity index is 1.93. The number of hydrogen-bond donors (Lipinski definition) is 0. The lowest BCUT2D eigenvalue weighted by Crippen LogP contribution is -2.59. The summed E-state index contributed by atoms with van der Waals surface area (Å²) in [5.41, 5.74) is -0.579. The minimum absolute atomic E-state index is 0.148. The topological polar surface area (TPSA) is 80.3 Å². The molecule has 0 aromatic heterocycles. The van der Waals surface area contributed by atoms with Gasteiger partial charge in [-0.15, -0.1) is 0 Å². The van der Waals surface area contributed by atoms with Crippen molar-refractivity contribution in [2.24, 2.45) is 0 Å². The van der Waals surface area contributed by atoms with Gasteiger partial charge in [-0.1, -0.05) is 19.3 Å². The number of carbonyl (C=O) groups excluding carboxylic acids is 2. The van der Waals surface area contributed by atoms with E-state index in [-0.39, 0.29) is 13.2 Å². The summed E-state index contributed by atoms with van der Waals surface area (Å²) in [4.78, 5) is 23.1. The van der Waals surface area contributed by atoms with E-state index < -0.39 is 29.7 Å². The maximum Gasteiger partial charge on any atom is 0.338 e. The Labute approximate surface area is 130 Å². The van der Waals surface area contributed by atoms with Crippen LogP contribution in [-0.2, 0) is 33.3 Å². The van der Waals surface area contributed by atoms with E-state index in [0.717, 1.165) is 32.1 Å². The number of methoxy groups -OCH3 is 2. The van der Waals surface area contributed by atoms with Crippen molar-refractivity contribution in [1.29, 1.82) is 0 Å². The third-order valence-electron chi connectivity index (χ3n) is 4.23. The lowest BCUT2D eigenvalue weighted by atomic mass is 9.79. The van der Waals surface area contributed by atoms with Crippen molar-refractivity contribution in [1.82, 2.24) is 0 Å². The minimum Gasteiger partial charge on any atom is -0.467 e. The van der Waals surface area contributed by atoms with Gasteiger partial charge in [-0.3, -0.25) is 0 Å². The third kappa shape index (κ3) is 3.97. The Bertz CT molecular complexity index is 389. The van der Waals surface area contributed by atoms with Gasteiger partial charge >= 0.3 is 11.9 Å². The van der Waals surface area contributed by atoms with Crippen LogP contribution >= 0.6 is 0 Å². The van der Waals surface area contributed by atoms with Gasteiger partial charge in [0.25, 0.3) is 0 Å². The molecule has 126 valence electrons. The predicted molar refractivity (Wildman–Crippen MR) is 75.3 cm³/mol. The first-order valence-electron chi connectivity index (χ1n) is 7.63. The van der Waals surface area contributed by atoms with E-state index in [1.165, 1.54) is 14.2 Å². The van der Waals surface area contributed by atoms with Crippen LogP contribution in [0.3, 0.4) is 0 Å². The van der Waals surface area contributed by atoms with Crippen molar-refractivity contribution in [3.8, 4) is 0 Å². The SMILES string of the molecule is COC(=O)COCC1COC2(CCCCC2)C(C(=O)OC)O1. The highest BCUT2D eigenvalue weighted by atomic mass is 16.6. The van der Waals surface area contributed by atoms with Gasteiger partial charge in [0.15, 0.2) is 6.10 Å². The zero-order valence-corrected chi connectivity index (χ0v) is 13.2. The molecule has 1 spiro atoms. The Morgan fingerprint density at radius 1 is 1.14 bits per heavy atom. The lowest BCUT2D eigenvalue weighted by molar-refractivity contribution is -0.255. The van der Waals surface area contributed by atoms with Crippen molar-refractivity contribution >= 4 is 11.9 Å². The van der Waals surface area contributed by atoms with E-state index in [4.69, 9.17) is 18.9 Å². The molecule has 0 amide bonds. The molecular formula is C15H24O7. The summed E-state index contributed by atoms with van der Waals surface area (Å²) in [6.07, 6.45) is 3.62. The second-order valence-corrected chi connectivity index (χ2v) is 5.69. The molecule has 22 heavy (non-hydrogen) atoms. The van der Waals surface area contributed by atoms with Crippen LogP contribution in [0.4, 0.5) is 0 Å². The quantitative estimate of drug-likeness (QED) is 0.695. The van der Waals surface area contributed by atoms with E-state index in [1.807, 2.05) is 0 Å². The van der Waals surface area contributed by atoms with E-state index in [1.54, 1.807) is 0 Å². The molecule has 2 atom stereocenters. The normalized spacial score (nSPS) is 27.4. The summed E-state index contributed by atoms with van der Waals surface area (Å²) in [5.74, 6) is -0.871. The van der Waals surface area contributed by atoms with Crippen molar-refractivity contribution < 1.29 is 33.3 Å². The number of esters is 2. The highest BCUT2D eigenvalue weighted by Gasteiger charge is 2.50. The minimum atomic E-state index is -0.738. The smallest absolute Gasteiger partial charge is 0.338 e. The van der Waals surface area contributed by atoms with E-state index in [0.29, 0.717) is 6.61 Å². The van der Waals surface area contributed by atoms with Gasteiger partial charge in [0.2, 0.25) is 0 Å².